The zero-order chi connectivity index (χ0) is 11.5. The Bertz CT molecular complexity index is 255. The number of amides is 1. The van der Waals surface area contributed by atoms with Gasteiger partial charge in [0.05, 0.1) is 6.54 Å². The van der Waals surface area contributed by atoms with Crippen LogP contribution in [-0.2, 0) is 4.79 Å². The Morgan fingerprint density at radius 3 is 2.88 bits per heavy atom. The molecule has 0 bridgehead atoms. The summed E-state index contributed by atoms with van der Waals surface area (Å²) in [6.45, 7) is 5.03. The fraction of sp³-hybridized carbons (Fsp3) is 0.917. The molecule has 0 N–H and O–H groups in total. The lowest BCUT2D eigenvalue weighted by atomic mass is 10.3. The quantitative estimate of drug-likeness (QED) is 0.745. The average molecular weight is 242 g/mol. The maximum Gasteiger partial charge on any atom is 0.236 e. The molecule has 1 heterocycles. The largest absolute Gasteiger partial charge is 0.342 e. The van der Waals surface area contributed by atoms with E-state index in [9.17, 15) is 4.79 Å². The first-order valence-electron chi connectivity index (χ1n) is 6.30. The minimum Gasteiger partial charge on any atom is -0.342 e. The van der Waals surface area contributed by atoms with E-state index in [1.807, 2.05) is 11.9 Å². The minimum absolute atomic E-state index is 0.309. The SMILES string of the molecule is CC[C@@H]1CN(CC(=O)N(C)C2CC2)CCS1. The maximum absolute atomic E-state index is 12.0. The Hall–Kier alpha value is -0.220. The third-order valence-electron chi connectivity index (χ3n) is 3.53. The van der Waals surface area contributed by atoms with Crippen LogP contribution >= 0.6 is 11.8 Å². The second-order valence-corrected chi connectivity index (χ2v) is 6.28. The van der Waals surface area contributed by atoms with Crippen molar-refractivity contribution in [2.24, 2.45) is 0 Å². The van der Waals surface area contributed by atoms with Gasteiger partial charge >= 0.3 is 0 Å². The van der Waals surface area contributed by atoms with E-state index in [1.54, 1.807) is 0 Å². The molecule has 1 saturated carbocycles. The lowest BCUT2D eigenvalue weighted by Gasteiger charge is -2.32. The molecule has 1 amide bonds. The number of hydrogen-bond donors (Lipinski definition) is 0. The summed E-state index contributed by atoms with van der Waals surface area (Å²) in [4.78, 5) is 16.2. The number of carbonyl (C=O) groups is 1. The first-order chi connectivity index (χ1) is 7.70. The highest BCUT2D eigenvalue weighted by Crippen LogP contribution is 2.26. The molecule has 0 aromatic carbocycles. The number of rotatable bonds is 4. The summed E-state index contributed by atoms with van der Waals surface area (Å²) in [5.41, 5.74) is 0. The summed E-state index contributed by atoms with van der Waals surface area (Å²) in [5, 5.41) is 0.729. The fourth-order valence-corrected chi connectivity index (χ4v) is 3.39. The first-order valence-corrected chi connectivity index (χ1v) is 7.35. The molecule has 0 spiro atoms. The van der Waals surface area contributed by atoms with E-state index in [4.69, 9.17) is 0 Å². The van der Waals surface area contributed by atoms with Crippen molar-refractivity contribution in [3.63, 3.8) is 0 Å². The van der Waals surface area contributed by atoms with Crippen LogP contribution in [-0.4, -0.2) is 59.4 Å². The van der Waals surface area contributed by atoms with Gasteiger partial charge in [-0.15, -0.1) is 0 Å². The molecule has 4 heteroatoms. The van der Waals surface area contributed by atoms with E-state index in [0.717, 1.165) is 18.3 Å². The Labute approximate surface area is 103 Å². The molecule has 1 aliphatic heterocycles. The van der Waals surface area contributed by atoms with Gasteiger partial charge in [0.25, 0.3) is 0 Å². The van der Waals surface area contributed by atoms with Gasteiger partial charge < -0.3 is 4.90 Å². The highest BCUT2D eigenvalue weighted by molar-refractivity contribution is 8.00. The van der Waals surface area contributed by atoms with Gasteiger partial charge in [-0.1, -0.05) is 6.92 Å². The van der Waals surface area contributed by atoms with Crippen molar-refractivity contribution in [3.05, 3.63) is 0 Å². The van der Waals surface area contributed by atoms with Crippen molar-refractivity contribution in [2.45, 2.75) is 37.5 Å². The molecule has 0 aromatic heterocycles. The van der Waals surface area contributed by atoms with Crippen LogP contribution in [0.25, 0.3) is 0 Å². The third kappa shape index (κ3) is 3.14. The highest BCUT2D eigenvalue weighted by Gasteiger charge is 2.30. The third-order valence-corrected chi connectivity index (χ3v) is 4.90. The van der Waals surface area contributed by atoms with Gasteiger partial charge in [0.1, 0.15) is 0 Å². The van der Waals surface area contributed by atoms with Gasteiger partial charge in [0.2, 0.25) is 5.91 Å². The zero-order valence-corrected chi connectivity index (χ0v) is 11.1. The second-order valence-electron chi connectivity index (χ2n) is 4.87. The van der Waals surface area contributed by atoms with Gasteiger partial charge in [-0.3, -0.25) is 9.69 Å². The van der Waals surface area contributed by atoms with Crippen LogP contribution in [0, 0.1) is 0 Å². The van der Waals surface area contributed by atoms with Gasteiger partial charge in [-0.05, 0) is 19.3 Å². The Kier molecular flexibility index (Phi) is 4.14. The van der Waals surface area contributed by atoms with Crippen molar-refractivity contribution < 1.29 is 4.79 Å². The monoisotopic (exact) mass is 242 g/mol. The van der Waals surface area contributed by atoms with Crippen LogP contribution in [0.1, 0.15) is 26.2 Å². The Morgan fingerprint density at radius 1 is 1.50 bits per heavy atom. The molecular formula is C12H22N2OS. The van der Waals surface area contributed by atoms with Crippen LogP contribution < -0.4 is 0 Å². The number of carbonyl (C=O) groups excluding carboxylic acids is 1. The lowest BCUT2D eigenvalue weighted by Crippen LogP contribution is -2.44. The molecule has 1 aliphatic carbocycles. The minimum atomic E-state index is 0.309. The summed E-state index contributed by atoms with van der Waals surface area (Å²) in [6.07, 6.45) is 3.62. The summed E-state index contributed by atoms with van der Waals surface area (Å²) < 4.78 is 0. The van der Waals surface area contributed by atoms with Gasteiger partial charge in [0, 0.05) is 37.2 Å². The zero-order valence-electron chi connectivity index (χ0n) is 10.3. The summed E-state index contributed by atoms with van der Waals surface area (Å²) in [5.74, 6) is 1.49. The molecule has 2 fully saturated rings. The van der Waals surface area contributed by atoms with Crippen LogP contribution in [0.5, 0.6) is 0 Å². The summed E-state index contributed by atoms with van der Waals surface area (Å²) in [6, 6.07) is 0.550. The number of nitrogens with zero attached hydrogens (tertiary/aromatic N) is 2. The molecule has 92 valence electrons. The van der Waals surface area contributed by atoms with Crippen molar-refractivity contribution in [3.8, 4) is 0 Å². The lowest BCUT2D eigenvalue weighted by molar-refractivity contribution is -0.131. The van der Waals surface area contributed by atoms with Crippen LogP contribution in [0.2, 0.25) is 0 Å². The normalized spacial score (nSPS) is 26.8. The van der Waals surface area contributed by atoms with E-state index in [-0.39, 0.29) is 0 Å². The molecular weight excluding hydrogens is 220 g/mol. The molecule has 0 unspecified atom stereocenters. The number of likely N-dealkylation sites (N-methyl/N-ethyl adjacent to an activating group) is 1. The predicted octanol–water partition coefficient (Wildman–Crippen LogP) is 1.43. The van der Waals surface area contributed by atoms with Crippen molar-refractivity contribution >= 4 is 17.7 Å². The van der Waals surface area contributed by atoms with Crippen LogP contribution in [0.4, 0.5) is 0 Å². The summed E-state index contributed by atoms with van der Waals surface area (Å²) >= 11 is 2.05. The molecule has 2 rings (SSSR count). The van der Waals surface area contributed by atoms with Crippen molar-refractivity contribution in [1.82, 2.24) is 9.80 Å². The first kappa shape index (κ1) is 12.2. The molecule has 16 heavy (non-hydrogen) atoms. The molecule has 2 aliphatic rings. The van der Waals surface area contributed by atoms with Crippen molar-refractivity contribution in [1.29, 1.82) is 0 Å². The van der Waals surface area contributed by atoms with E-state index in [2.05, 4.69) is 23.6 Å². The second kappa shape index (κ2) is 5.41. The predicted molar refractivity (Wildman–Crippen MR) is 68.8 cm³/mol. The average Bonchev–Trinajstić information content (AvgIpc) is 3.12. The van der Waals surface area contributed by atoms with E-state index >= 15 is 0 Å². The van der Waals surface area contributed by atoms with E-state index < -0.39 is 0 Å². The number of hydrogen-bond acceptors (Lipinski definition) is 3. The molecule has 1 saturated heterocycles. The smallest absolute Gasteiger partial charge is 0.236 e. The number of thioether (sulfide) groups is 1. The molecule has 1 atom stereocenters. The van der Waals surface area contributed by atoms with E-state index in [0.29, 0.717) is 18.5 Å². The molecule has 3 nitrogen and oxygen atoms in total. The fourth-order valence-electron chi connectivity index (χ4n) is 2.14. The topological polar surface area (TPSA) is 23.6 Å². The van der Waals surface area contributed by atoms with Crippen molar-refractivity contribution in [2.75, 3.05) is 32.4 Å². The van der Waals surface area contributed by atoms with Gasteiger partial charge in [-0.2, -0.15) is 11.8 Å². The van der Waals surface area contributed by atoms with Crippen LogP contribution in [0.3, 0.4) is 0 Å². The Morgan fingerprint density at radius 2 is 2.25 bits per heavy atom. The summed E-state index contributed by atoms with van der Waals surface area (Å²) in [7, 11) is 1.95. The van der Waals surface area contributed by atoms with Gasteiger partial charge in [0.15, 0.2) is 0 Å². The van der Waals surface area contributed by atoms with E-state index in [1.165, 1.54) is 25.0 Å². The standard InChI is InChI=1S/C12H22N2OS/c1-3-11-8-14(6-7-16-11)9-12(15)13(2)10-4-5-10/h10-11H,3-9H2,1-2H3/t11-/m1/s1. The molecule has 0 radical (unpaired) electrons. The molecule has 0 aromatic rings. The Balaban J connectivity index is 1.77. The van der Waals surface area contributed by atoms with Gasteiger partial charge in [-0.25, -0.2) is 0 Å². The maximum atomic E-state index is 12.0. The van der Waals surface area contributed by atoms with Crippen LogP contribution in [0.15, 0.2) is 0 Å². The highest BCUT2D eigenvalue weighted by atomic mass is 32.2.